The van der Waals surface area contributed by atoms with Gasteiger partial charge in [0.15, 0.2) is 10.8 Å². The van der Waals surface area contributed by atoms with E-state index in [4.69, 9.17) is 5.11 Å². The summed E-state index contributed by atoms with van der Waals surface area (Å²) in [7, 11) is 0. The van der Waals surface area contributed by atoms with Gasteiger partial charge in [-0.1, -0.05) is 6.92 Å². The highest BCUT2D eigenvalue weighted by atomic mass is 32.1. The van der Waals surface area contributed by atoms with E-state index in [1.165, 1.54) is 11.3 Å². The molecule has 0 aliphatic heterocycles. The van der Waals surface area contributed by atoms with Gasteiger partial charge in [0.2, 0.25) is 5.91 Å². The van der Waals surface area contributed by atoms with Gasteiger partial charge in [-0.3, -0.25) is 4.79 Å². The van der Waals surface area contributed by atoms with Crippen molar-refractivity contribution in [1.29, 1.82) is 0 Å². The number of rotatable bonds is 7. The molecule has 0 spiro atoms. The van der Waals surface area contributed by atoms with Crippen LogP contribution in [0.1, 0.15) is 35.1 Å². The number of carboxylic acids is 1. The van der Waals surface area contributed by atoms with Crippen LogP contribution in [0.15, 0.2) is 0 Å². The van der Waals surface area contributed by atoms with Gasteiger partial charge in [-0.05, 0) is 13.3 Å². The van der Waals surface area contributed by atoms with E-state index in [1.807, 2.05) is 6.92 Å². The molecule has 0 radical (unpaired) electrons. The zero-order valence-corrected chi connectivity index (χ0v) is 11.3. The van der Waals surface area contributed by atoms with Crippen molar-refractivity contribution < 1.29 is 14.7 Å². The second-order valence-electron chi connectivity index (χ2n) is 3.76. The summed E-state index contributed by atoms with van der Waals surface area (Å²) in [5.41, 5.74) is 0.0675. The van der Waals surface area contributed by atoms with Gasteiger partial charge in [0.25, 0.3) is 0 Å². The number of nitrogens with one attached hydrogen (secondary N) is 2. The molecule has 0 unspecified atom stereocenters. The Bertz CT molecular complexity index is 431. The number of aryl methyl sites for hydroxylation is 1. The van der Waals surface area contributed by atoms with Crippen LogP contribution >= 0.6 is 11.3 Å². The fourth-order valence-corrected chi connectivity index (χ4v) is 2.14. The average molecular weight is 271 g/mol. The summed E-state index contributed by atoms with van der Waals surface area (Å²) in [4.78, 5) is 26.7. The van der Waals surface area contributed by atoms with Crippen molar-refractivity contribution in [1.82, 2.24) is 10.3 Å². The highest BCUT2D eigenvalue weighted by Gasteiger charge is 2.13. The van der Waals surface area contributed by atoms with Crippen LogP contribution in [0.3, 0.4) is 0 Å². The standard InChI is InChI=1S/C11H17N3O3S/c1-3-5-12-8(15)4-6-13-11-14-9(10(16)17)7(2)18-11/h3-6H2,1-2H3,(H,12,15)(H,13,14)(H,16,17). The minimum atomic E-state index is -1.03. The molecule has 1 aromatic heterocycles. The molecule has 1 aromatic rings. The monoisotopic (exact) mass is 271 g/mol. The zero-order valence-electron chi connectivity index (χ0n) is 10.4. The number of thiazole rings is 1. The molecule has 1 heterocycles. The summed E-state index contributed by atoms with van der Waals surface area (Å²) in [6.07, 6.45) is 1.26. The second kappa shape index (κ2) is 6.95. The molecule has 18 heavy (non-hydrogen) atoms. The van der Waals surface area contributed by atoms with Crippen molar-refractivity contribution >= 4 is 28.3 Å². The summed E-state index contributed by atoms with van der Waals surface area (Å²) < 4.78 is 0. The summed E-state index contributed by atoms with van der Waals surface area (Å²) in [5, 5.41) is 15.1. The van der Waals surface area contributed by atoms with Crippen molar-refractivity contribution in [2.24, 2.45) is 0 Å². The van der Waals surface area contributed by atoms with Crippen LogP contribution < -0.4 is 10.6 Å². The molecule has 0 fully saturated rings. The van der Waals surface area contributed by atoms with Gasteiger partial charge in [-0.2, -0.15) is 0 Å². The Hall–Kier alpha value is -1.63. The van der Waals surface area contributed by atoms with Gasteiger partial charge >= 0.3 is 5.97 Å². The predicted molar refractivity (Wildman–Crippen MR) is 70.2 cm³/mol. The minimum absolute atomic E-state index is 0.0175. The number of hydrogen-bond acceptors (Lipinski definition) is 5. The van der Waals surface area contributed by atoms with E-state index in [1.54, 1.807) is 6.92 Å². The predicted octanol–water partition coefficient (Wildman–Crippen LogP) is 1.48. The molecule has 0 bridgehead atoms. The third-order valence-corrected chi connectivity index (χ3v) is 3.13. The molecule has 1 amide bonds. The maximum atomic E-state index is 11.3. The molecule has 0 saturated heterocycles. The highest BCUT2D eigenvalue weighted by molar-refractivity contribution is 7.15. The van der Waals surface area contributed by atoms with Crippen LogP contribution in [-0.2, 0) is 4.79 Å². The molecule has 100 valence electrons. The zero-order chi connectivity index (χ0) is 13.5. The Kier molecular flexibility index (Phi) is 5.57. The smallest absolute Gasteiger partial charge is 0.355 e. The molecule has 0 aromatic carbocycles. The van der Waals surface area contributed by atoms with Gasteiger partial charge in [0, 0.05) is 24.4 Å². The molecule has 0 atom stereocenters. The number of nitrogens with zero attached hydrogens (tertiary/aromatic N) is 1. The van der Waals surface area contributed by atoms with Crippen LogP contribution in [-0.4, -0.2) is 35.1 Å². The normalized spacial score (nSPS) is 10.1. The van der Waals surface area contributed by atoms with E-state index < -0.39 is 5.97 Å². The number of hydrogen-bond donors (Lipinski definition) is 3. The third kappa shape index (κ3) is 4.33. The van der Waals surface area contributed by atoms with Crippen molar-refractivity contribution in [3.63, 3.8) is 0 Å². The van der Waals surface area contributed by atoms with Gasteiger partial charge < -0.3 is 15.7 Å². The first-order chi connectivity index (χ1) is 8.54. The first-order valence-corrected chi connectivity index (χ1v) is 6.57. The average Bonchev–Trinajstić information content (AvgIpc) is 2.68. The molecule has 6 nitrogen and oxygen atoms in total. The van der Waals surface area contributed by atoms with Crippen molar-refractivity contribution in [3.8, 4) is 0 Å². The third-order valence-electron chi connectivity index (χ3n) is 2.20. The van der Waals surface area contributed by atoms with Gasteiger partial charge in [0.1, 0.15) is 0 Å². The van der Waals surface area contributed by atoms with Crippen LogP contribution in [0, 0.1) is 6.92 Å². The van der Waals surface area contributed by atoms with Crippen LogP contribution in [0.5, 0.6) is 0 Å². The Morgan fingerprint density at radius 3 is 2.67 bits per heavy atom. The summed E-state index contributed by atoms with van der Waals surface area (Å²) in [6.45, 7) is 4.82. The fraction of sp³-hybridized carbons (Fsp3) is 0.545. The van der Waals surface area contributed by atoms with E-state index in [2.05, 4.69) is 15.6 Å². The van der Waals surface area contributed by atoms with Crippen LogP contribution in [0.25, 0.3) is 0 Å². The van der Waals surface area contributed by atoms with Gasteiger partial charge in [0.05, 0.1) is 0 Å². The largest absolute Gasteiger partial charge is 0.476 e. The maximum absolute atomic E-state index is 11.3. The van der Waals surface area contributed by atoms with Crippen LogP contribution in [0.2, 0.25) is 0 Å². The fourth-order valence-electron chi connectivity index (χ4n) is 1.31. The molecule has 0 saturated carbocycles. The summed E-state index contributed by atoms with van der Waals surface area (Å²) in [6, 6.07) is 0. The lowest BCUT2D eigenvalue weighted by Gasteiger charge is -2.03. The Morgan fingerprint density at radius 1 is 1.39 bits per heavy atom. The van der Waals surface area contributed by atoms with Gasteiger partial charge in [-0.25, -0.2) is 9.78 Å². The number of carboxylic acid groups (broad SMARTS) is 1. The minimum Gasteiger partial charge on any atom is -0.476 e. The number of anilines is 1. The number of aromatic nitrogens is 1. The summed E-state index contributed by atoms with van der Waals surface area (Å²) >= 11 is 1.28. The van der Waals surface area contributed by atoms with E-state index in [9.17, 15) is 9.59 Å². The summed E-state index contributed by atoms with van der Waals surface area (Å²) in [5.74, 6) is -1.05. The number of amides is 1. The lowest BCUT2D eigenvalue weighted by molar-refractivity contribution is -0.120. The second-order valence-corrected chi connectivity index (χ2v) is 4.96. The first-order valence-electron chi connectivity index (χ1n) is 5.76. The van der Waals surface area contributed by atoms with E-state index in [0.29, 0.717) is 29.5 Å². The van der Waals surface area contributed by atoms with Crippen molar-refractivity contribution in [2.45, 2.75) is 26.7 Å². The molecular formula is C11H17N3O3S. The van der Waals surface area contributed by atoms with Gasteiger partial charge in [-0.15, -0.1) is 11.3 Å². The molecule has 7 heteroatoms. The number of aromatic carboxylic acids is 1. The first kappa shape index (κ1) is 14.4. The quantitative estimate of drug-likeness (QED) is 0.698. The highest BCUT2D eigenvalue weighted by Crippen LogP contribution is 2.21. The molecule has 0 aliphatic rings. The van der Waals surface area contributed by atoms with Crippen LogP contribution in [0.4, 0.5) is 5.13 Å². The lowest BCUT2D eigenvalue weighted by Crippen LogP contribution is -2.25. The van der Waals surface area contributed by atoms with E-state index in [0.717, 1.165) is 6.42 Å². The van der Waals surface area contributed by atoms with Crippen molar-refractivity contribution in [3.05, 3.63) is 10.6 Å². The Morgan fingerprint density at radius 2 is 2.11 bits per heavy atom. The molecule has 0 aliphatic carbocycles. The van der Waals surface area contributed by atoms with Crippen molar-refractivity contribution in [2.75, 3.05) is 18.4 Å². The Balaban J connectivity index is 2.38. The SMILES string of the molecule is CCCNC(=O)CCNc1nc(C(=O)O)c(C)s1. The van der Waals surface area contributed by atoms with E-state index in [-0.39, 0.29) is 11.6 Å². The lowest BCUT2D eigenvalue weighted by atomic mass is 10.4. The topological polar surface area (TPSA) is 91.3 Å². The Labute approximate surface area is 109 Å². The molecule has 1 rings (SSSR count). The maximum Gasteiger partial charge on any atom is 0.355 e. The molecule has 3 N–H and O–H groups in total. The molecular weight excluding hydrogens is 254 g/mol. The van der Waals surface area contributed by atoms with E-state index >= 15 is 0 Å². The number of carbonyl (C=O) groups excluding carboxylic acids is 1. The number of carbonyl (C=O) groups is 2.